The Bertz CT molecular complexity index is 577. The largest absolute Gasteiger partial charge is 0.481 e. The first-order valence-electron chi connectivity index (χ1n) is 7.12. The van der Waals surface area contributed by atoms with Gasteiger partial charge in [-0.15, -0.1) is 0 Å². The Morgan fingerprint density at radius 2 is 2.24 bits per heavy atom. The summed E-state index contributed by atoms with van der Waals surface area (Å²) in [5.74, 6) is 2.85. The number of ether oxygens (including phenoxy) is 1. The molecule has 2 aromatic rings. The van der Waals surface area contributed by atoms with Crippen LogP contribution >= 0.6 is 0 Å². The monoisotopic (exact) mass is 285 g/mol. The average Bonchev–Trinajstić information content (AvgIpc) is 3.03. The molecule has 0 aliphatic carbocycles. The van der Waals surface area contributed by atoms with Crippen LogP contribution in [0.2, 0.25) is 0 Å². The molecule has 0 unspecified atom stereocenters. The van der Waals surface area contributed by atoms with Gasteiger partial charge in [0, 0.05) is 38.1 Å². The van der Waals surface area contributed by atoms with E-state index in [1.165, 1.54) is 0 Å². The fourth-order valence-electron chi connectivity index (χ4n) is 2.50. The minimum Gasteiger partial charge on any atom is -0.481 e. The molecule has 1 N–H and O–H groups in total. The van der Waals surface area contributed by atoms with Crippen molar-refractivity contribution in [3.05, 3.63) is 36.7 Å². The first-order chi connectivity index (χ1) is 10.3. The van der Waals surface area contributed by atoms with Crippen LogP contribution < -0.4 is 15.0 Å². The van der Waals surface area contributed by atoms with Gasteiger partial charge in [0.15, 0.2) is 0 Å². The summed E-state index contributed by atoms with van der Waals surface area (Å²) in [6.07, 6.45) is 4.66. The van der Waals surface area contributed by atoms with Crippen LogP contribution in [0.15, 0.2) is 36.7 Å². The quantitative estimate of drug-likeness (QED) is 0.904. The van der Waals surface area contributed by atoms with Gasteiger partial charge in [0.1, 0.15) is 5.82 Å². The number of nitrogens with zero attached hydrogens (tertiary/aromatic N) is 4. The standard InChI is InChI=1S/C15H19N5O/c1-21-14-5-8-17-15(19-14)20-9-6-12(11-20)10-18-13-4-2-3-7-16-13/h2-5,7-8,12H,6,9-11H2,1H3,(H,16,18)/t12-/m1/s1. The van der Waals surface area contributed by atoms with Gasteiger partial charge in [0.05, 0.1) is 7.11 Å². The third kappa shape index (κ3) is 3.39. The lowest BCUT2D eigenvalue weighted by Crippen LogP contribution is -2.24. The van der Waals surface area contributed by atoms with Crippen LogP contribution in [0.1, 0.15) is 6.42 Å². The topological polar surface area (TPSA) is 63.2 Å². The summed E-state index contributed by atoms with van der Waals surface area (Å²) in [7, 11) is 1.62. The predicted molar refractivity (Wildman–Crippen MR) is 81.6 cm³/mol. The van der Waals surface area contributed by atoms with E-state index in [1.807, 2.05) is 18.2 Å². The Morgan fingerprint density at radius 1 is 1.29 bits per heavy atom. The molecule has 21 heavy (non-hydrogen) atoms. The van der Waals surface area contributed by atoms with E-state index in [9.17, 15) is 0 Å². The highest BCUT2D eigenvalue weighted by atomic mass is 16.5. The summed E-state index contributed by atoms with van der Waals surface area (Å²) in [5.41, 5.74) is 0. The lowest BCUT2D eigenvalue weighted by molar-refractivity contribution is 0.397. The molecular formula is C15H19N5O. The van der Waals surface area contributed by atoms with Gasteiger partial charge in [0.2, 0.25) is 11.8 Å². The number of nitrogens with one attached hydrogen (secondary N) is 1. The minimum atomic E-state index is 0.571. The second-order valence-corrected chi connectivity index (χ2v) is 5.10. The molecule has 0 amide bonds. The van der Waals surface area contributed by atoms with E-state index in [1.54, 1.807) is 25.6 Å². The Hall–Kier alpha value is -2.37. The summed E-state index contributed by atoms with van der Waals surface area (Å²) in [6, 6.07) is 7.65. The predicted octanol–water partition coefficient (Wildman–Crippen LogP) is 1.82. The van der Waals surface area contributed by atoms with Gasteiger partial charge in [-0.05, 0) is 24.5 Å². The average molecular weight is 285 g/mol. The van der Waals surface area contributed by atoms with Gasteiger partial charge in [-0.2, -0.15) is 4.98 Å². The van der Waals surface area contributed by atoms with E-state index >= 15 is 0 Å². The van der Waals surface area contributed by atoms with Crippen molar-refractivity contribution in [1.29, 1.82) is 0 Å². The molecule has 3 rings (SSSR count). The summed E-state index contributed by atoms with van der Waals surface area (Å²) < 4.78 is 5.15. The fourth-order valence-corrected chi connectivity index (χ4v) is 2.50. The molecule has 1 atom stereocenters. The zero-order valence-electron chi connectivity index (χ0n) is 12.1. The van der Waals surface area contributed by atoms with E-state index in [4.69, 9.17) is 4.74 Å². The zero-order chi connectivity index (χ0) is 14.5. The smallest absolute Gasteiger partial charge is 0.228 e. The van der Waals surface area contributed by atoms with Gasteiger partial charge in [0.25, 0.3) is 0 Å². The molecule has 110 valence electrons. The molecule has 1 fully saturated rings. The highest BCUT2D eigenvalue weighted by molar-refractivity contribution is 5.35. The van der Waals surface area contributed by atoms with Crippen molar-refractivity contribution in [3.8, 4) is 5.88 Å². The van der Waals surface area contributed by atoms with Crippen LogP contribution in [0.3, 0.4) is 0 Å². The maximum absolute atomic E-state index is 5.15. The zero-order valence-corrected chi connectivity index (χ0v) is 12.1. The van der Waals surface area contributed by atoms with Gasteiger partial charge < -0.3 is 15.0 Å². The molecule has 1 aliphatic rings. The number of pyridine rings is 1. The van der Waals surface area contributed by atoms with Gasteiger partial charge in [-0.1, -0.05) is 6.07 Å². The van der Waals surface area contributed by atoms with E-state index in [0.29, 0.717) is 11.8 Å². The molecule has 6 heteroatoms. The van der Waals surface area contributed by atoms with E-state index < -0.39 is 0 Å². The van der Waals surface area contributed by atoms with Crippen LogP contribution in [-0.2, 0) is 0 Å². The number of aromatic nitrogens is 3. The molecule has 0 bridgehead atoms. The Balaban J connectivity index is 1.55. The van der Waals surface area contributed by atoms with E-state index in [-0.39, 0.29) is 0 Å². The molecule has 0 aromatic carbocycles. The van der Waals surface area contributed by atoms with Crippen molar-refractivity contribution in [2.45, 2.75) is 6.42 Å². The van der Waals surface area contributed by atoms with E-state index in [0.717, 1.165) is 37.8 Å². The lowest BCUT2D eigenvalue weighted by atomic mass is 10.1. The van der Waals surface area contributed by atoms with E-state index in [2.05, 4.69) is 25.2 Å². The number of methoxy groups -OCH3 is 1. The number of hydrogen-bond acceptors (Lipinski definition) is 6. The molecule has 0 saturated carbocycles. The molecular weight excluding hydrogens is 266 g/mol. The first-order valence-corrected chi connectivity index (χ1v) is 7.12. The van der Waals surface area contributed by atoms with Gasteiger partial charge >= 0.3 is 0 Å². The third-order valence-corrected chi connectivity index (χ3v) is 3.63. The summed E-state index contributed by atoms with van der Waals surface area (Å²) in [4.78, 5) is 15.2. The van der Waals surface area contributed by atoms with Crippen LogP contribution in [0.25, 0.3) is 0 Å². The number of hydrogen-bond donors (Lipinski definition) is 1. The first kappa shape index (κ1) is 13.6. The second kappa shape index (κ2) is 6.39. The SMILES string of the molecule is COc1ccnc(N2CC[C@H](CNc3ccccn3)C2)n1. The van der Waals surface area contributed by atoms with Crippen molar-refractivity contribution in [2.24, 2.45) is 5.92 Å². The number of rotatable bonds is 5. The van der Waals surface area contributed by atoms with Crippen molar-refractivity contribution in [2.75, 3.05) is 37.0 Å². The van der Waals surface area contributed by atoms with Crippen molar-refractivity contribution < 1.29 is 4.74 Å². The van der Waals surface area contributed by atoms with Crippen LogP contribution in [0, 0.1) is 5.92 Å². The normalized spacial score (nSPS) is 17.8. The van der Waals surface area contributed by atoms with Crippen LogP contribution in [0.5, 0.6) is 5.88 Å². The molecule has 6 nitrogen and oxygen atoms in total. The molecule has 1 aliphatic heterocycles. The summed E-state index contributed by atoms with van der Waals surface area (Å²) >= 11 is 0. The third-order valence-electron chi connectivity index (χ3n) is 3.63. The summed E-state index contributed by atoms with van der Waals surface area (Å²) in [6.45, 7) is 2.84. The summed E-state index contributed by atoms with van der Waals surface area (Å²) in [5, 5.41) is 3.38. The highest BCUT2D eigenvalue weighted by Gasteiger charge is 2.24. The molecule has 2 aromatic heterocycles. The Labute approximate surface area is 124 Å². The Morgan fingerprint density at radius 3 is 3.05 bits per heavy atom. The van der Waals surface area contributed by atoms with Gasteiger partial charge in [-0.25, -0.2) is 9.97 Å². The Kier molecular flexibility index (Phi) is 4.14. The molecule has 3 heterocycles. The maximum Gasteiger partial charge on any atom is 0.228 e. The number of anilines is 2. The fraction of sp³-hybridized carbons (Fsp3) is 0.400. The lowest BCUT2D eigenvalue weighted by Gasteiger charge is -2.17. The second-order valence-electron chi connectivity index (χ2n) is 5.10. The highest BCUT2D eigenvalue weighted by Crippen LogP contribution is 2.22. The van der Waals surface area contributed by atoms with Crippen molar-refractivity contribution in [1.82, 2.24) is 15.0 Å². The molecule has 1 saturated heterocycles. The minimum absolute atomic E-state index is 0.571. The molecule has 0 radical (unpaired) electrons. The molecule has 0 spiro atoms. The van der Waals surface area contributed by atoms with Crippen molar-refractivity contribution >= 4 is 11.8 Å². The van der Waals surface area contributed by atoms with Crippen molar-refractivity contribution in [3.63, 3.8) is 0 Å². The van der Waals surface area contributed by atoms with Crippen LogP contribution in [-0.4, -0.2) is 41.7 Å². The maximum atomic E-state index is 5.15. The van der Waals surface area contributed by atoms with Gasteiger partial charge in [-0.3, -0.25) is 0 Å². The van der Waals surface area contributed by atoms with Crippen LogP contribution in [0.4, 0.5) is 11.8 Å².